The summed E-state index contributed by atoms with van der Waals surface area (Å²) in [6, 6.07) is 3.60. The van der Waals surface area contributed by atoms with Crippen LogP contribution in [-0.2, 0) is 22.4 Å². The molecule has 228 valence electrons. The average Bonchev–Trinajstić information content (AvgIpc) is 3.68. The van der Waals surface area contributed by atoms with E-state index in [-0.39, 0.29) is 148 Å². The van der Waals surface area contributed by atoms with Crippen LogP contribution in [0.5, 0.6) is 0 Å². The van der Waals surface area contributed by atoms with Crippen molar-refractivity contribution in [3.05, 3.63) is 74.9 Å². The van der Waals surface area contributed by atoms with Crippen LogP contribution in [-0.4, -0.2) is 50.9 Å². The van der Waals surface area contributed by atoms with Gasteiger partial charge in [0.1, 0.15) is 0 Å². The van der Waals surface area contributed by atoms with Gasteiger partial charge in [0.2, 0.25) is 0 Å². The summed E-state index contributed by atoms with van der Waals surface area (Å²) >= 11 is 0. The van der Waals surface area contributed by atoms with E-state index in [1.807, 2.05) is 33.8 Å². The molecule has 48 heavy (non-hydrogen) atoms. The van der Waals surface area contributed by atoms with Gasteiger partial charge >= 0.3 is 112 Å². The summed E-state index contributed by atoms with van der Waals surface area (Å²) in [4.78, 5) is 55.3. The van der Waals surface area contributed by atoms with Crippen LogP contribution in [0.15, 0.2) is 18.7 Å². The molecule has 1 atom stereocenters. The number of aromatic carboxylic acids is 1. The quantitative estimate of drug-likeness (QED) is 0.208. The summed E-state index contributed by atoms with van der Waals surface area (Å²) < 4.78 is 0. The fraction of sp³-hybridized carbons (Fsp3) is 0.324. The zero-order valence-electron chi connectivity index (χ0n) is 29.0. The number of aromatic nitrogens is 4. The third kappa shape index (κ3) is 8.62. The van der Waals surface area contributed by atoms with Crippen LogP contribution >= 0.6 is 0 Å². The van der Waals surface area contributed by atoms with Gasteiger partial charge in [0.05, 0.1) is 17.4 Å². The van der Waals surface area contributed by atoms with Crippen LogP contribution in [0.3, 0.4) is 0 Å². The fourth-order valence-electron chi connectivity index (χ4n) is 6.40. The van der Waals surface area contributed by atoms with Gasteiger partial charge in [-0.1, -0.05) is 42.8 Å². The zero-order chi connectivity index (χ0) is 32.0. The minimum Gasteiger partial charge on any atom is -0.657 e. The molecule has 5 heterocycles. The van der Waals surface area contributed by atoms with Gasteiger partial charge in [0.25, 0.3) is 0 Å². The number of carboxylic acid groups (broad SMARTS) is 3. The summed E-state index contributed by atoms with van der Waals surface area (Å²) in [7, 11) is 0. The largest absolute Gasteiger partial charge is 2.00 e. The Hall–Kier alpha value is -1.22. The summed E-state index contributed by atoms with van der Waals surface area (Å²) in [6.07, 6.45) is 1.83. The summed E-state index contributed by atoms with van der Waals surface area (Å²) in [5, 5.41) is 36.0. The van der Waals surface area contributed by atoms with E-state index in [9.17, 15) is 29.7 Å². The third-order valence-corrected chi connectivity index (χ3v) is 8.66. The molecule has 0 saturated carbocycles. The van der Waals surface area contributed by atoms with Gasteiger partial charge in [0, 0.05) is 35.7 Å². The molecule has 0 fully saturated rings. The Morgan fingerprint density at radius 3 is 2.08 bits per heavy atom. The third-order valence-electron chi connectivity index (χ3n) is 8.66. The molecule has 2 aliphatic heterocycles. The number of aliphatic carboxylic acids is 2. The van der Waals surface area contributed by atoms with E-state index in [1.165, 1.54) is 0 Å². The zero-order valence-corrected chi connectivity index (χ0v) is 36.4. The molecule has 10 nitrogen and oxygen atoms in total. The van der Waals surface area contributed by atoms with Crippen LogP contribution in [0.4, 0.5) is 0 Å². The first-order chi connectivity index (χ1) is 20.9. The molecule has 0 spiro atoms. The Morgan fingerprint density at radius 1 is 0.896 bits per heavy atom. The topological polar surface area (TPSA) is 174 Å². The number of carbonyl (C=O) groups is 3. The van der Waals surface area contributed by atoms with Crippen molar-refractivity contribution in [2.24, 2.45) is 0 Å². The van der Waals surface area contributed by atoms with Crippen molar-refractivity contribution in [1.82, 2.24) is 19.9 Å². The SMILES string of the molecule is C=Cc1c(C)c2[n-]c1cc1nc(cc3[n-]c(c(CC(=O)[O-])c4nc(c2C)[C@H](CCC(=O)[O-])C4)c(C(=O)[O-])c3C)C(CC)=C1C.[Mg+2].[Na+].[Na+].[Na+]. The van der Waals surface area contributed by atoms with Crippen molar-refractivity contribution in [1.29, 1.82) is 0 Å². The number of rotatable bonds is 8. The first-order valence-corrected chi connectivity index (χ1v) is 14.4. The van der Waals surface area contributed by atoms with Crippen molar-refractivity contribution >= 4 is 80.2 Å². The second kappa shape index (κ2) is 18.3. The number of aryl methyl sites for hydroxylation is 3. The van der Waals surface area contributed by atoms with E-state index in [0.717, 1.165) is 22.3 Å². The molecule has 8 bridgehead atoms. The van der Waals surface area contributed by atoms with Gasteiger partial charge < -0.3 is 39.7 Å². The number of nitrogens with zero attached hydrogens (tertiary/aromatic N) is 4. The monoisotopic (exact) mass is 684 g/mol. The Morgan fingerprint density at radius 2 is 1.52 bits per heavy atom. The molecular formula is C34H31MgN4Na3O6. The van der Waals surface area contributed by atoms with E-state index in [4.69, 9.17) is 15.0 Å². The van der Waals surface area contributed by atoms with E-state index >= 15 is 0 Å². The van der Waals surface area contributed by atoms with Crippen molar-refractivity contribution in [3.8, 4) is 0 Å². The molecule has 3 aromatic rings. The maximum Gasteiger partial charge on any atom is 2.00 e. The Labute approximate surface area is 361 Å². The summed E-state index contributed by atoms with van der Waals surface area (Å²) in [6.45, 7) is 13.3. The van der Waals surface area contributed by atoms with Crippen molar-refractivity contribution < 1.29 is 118 Å². The molecule has 5 rings (SSSR count). The number of carbonyl (C=O) groups excluding carboxylic acids is 3. The Balaban J connectivity index is 0.00000288. The van der Waals surface area contributed by atoms with Crippen molar-refractivity contribution in [2.75, 3.05) is 0 Å². The molecule has 0 amide bonds. The molecular weight excluding hydrogens is 654 g/mol. The fourth-order valence-corrected chi connectivity index (χ4v) is 6.40. The number of carboxylic acids is 3. The number of fused-ring (bicyclic) bond motifs is 8. The van der Waals surface area contributed by atoms with Crippen molar-refractivity contribution in [2.45, 2.75) is 72.6 Å². The van der Waals surface area contributed by atoms with E-state index in [1.54, 1.807) is 19.1 Å². The second-order valence-electron chi connectivity index (χ2n) is 11.3. The van der Waals surface area contributed by atoms with Crippen LogP contribution in [0, 0.1) is 20.8 Å². The van der Waals surface area contributed by atoms with Crippen LogP contribution < -0.4 is 114 Å². The molecule has 0 N–H and O–H groups in total. The van der Waals surface area contributed by atoms with Crippen LogP contribution in [0.1, 0.15) is 100.0 Å². The molecule has 0 unspecified atom stereocenters. The van der Waals surface area contributed by atoms with Gasteiger partial charge in [-0.05, 0) is 86.8 Å². The van der Waals surface area contributed by atoms with Gasteiger partial charge in [0.15, 0.2) is 0 Å². The standard InChI is InChI=1S/C34H36N4O6.Mg.3Na/c1-7-20-15(3)23-13-27-21(8-2)16(4)31(37-27)18(6)32-19(9-10-28(39)40)11-25(38-32)22(12-29(41)42)33-30(34(43)44)17(5)24(36-33)14-26(20)35-23;;;;/h8,13-14,19H,2,7,9-12H2,1,3-6H3,(H5,35,36,37,38,39,40,41,42,43,44);;;;/q;+2;3*+1/p-5/t19-;;;;/m1..../s1. The Kier molecular flexibility index (Phi) is 17.1. The second-order valence-corrected chi connectivity index (χ2v) is 11.3. The molecule has 0 radical (unpaired) electrons. The Bertz CT molecular complexity index is 1980. The summed E-state index contributed by atoms with van der Waals surface area (Å²) in [5.74, 6) is -4.59. The van der Waals surface area contributed by atoms with E-state index in [2.05, 4.69) is 11.6 Å². The molecule has 0 aromatic carbocycles. The molecule has 0 saturated heterocycles. The van der Waals surface area contributed by atoms with Crippen molar-refractivity contribution in [3.63, 3.8) is 0 Å². The predicted molar refractivity (Wildman–Crippen MR) is 166 cm³/mol. The number of hydrogen-bond acceptors (Lipinski definition) is 8. The minimum atomic E-state index is -1.50. The maximum atomic E-state index is 12.5. The first kappa shape index (κ1) is 44.8. The first-order valence-electron chi connectivity index (χ1n) is 14.4. The molecule has 3 aromatic heterocycles. The van der Waals surface area contributed by atoms with Gasteiger partial charge in [-0.2, -0.15) is 0 Å². The van der Waals surface area contributed by atoms with E-state index in [0.29, 0.717) is 56.9 Å². The number of allylic oxidation sites excluding steroid dienone is 2. The van der Waals surface area contributed by atoms with Crippen LogP contribution in [0.2, 0.25) is 0 Å². The minimum absolute atomic E-state index is 0. The van der Waals surface area contributed by atoms with Crippen LogP contribution in [0.25, 0.3) is 39.3 Å². The average molecular weight is 685 g/mol. The predicted octanol–water partition coefficient (Wildman–Crippen LogP) is -7.37. The maximum absolute atomic E-state index is 12.5. The number of hydrogen-bond donors (Lipinski definition) is 0. The molecule has 0 aliphatic carbocycles. The van der Waals surface area contributed by atoms with Gasteiger partial charge in [-0.3, -0.25) is 4.98 Å². The smallest absolute Gasteiger partial charge is 0.657 e. The van der Waals surface area contributed by atoms with Gasteiger partial charge in [-0.25, -0.2) is 4.98 Å². The summed E-state index contributed by atoms with van der Waals surface area (Å²) in [5.41, 5.74) is 8.11. The molecule has 2 aliphatic rings. The molecule has 14 heteroatoms. The van der Waals surface area contributed by atoms with Gasteiger partial charge in [-0.15, -0.1) is 22.1 Å². The normalized spacial score (nSPS) is 13.4. The van der Waals surface area contributed by atoms with E-state index < -0.39 is 30.2 Å².